The number of hydrogen-bond donors (Lipinski definition) is 2. The van der Waals surface area contributed by atoms with Crippen molar-refractivity contribution in [3.63, 3.8) is 0 Å². The largest absolute Gasteiger partial charge is 0.387 e. The number of rotatable bonds is 7. The van der Waals surface area contributed by atoms with Crippen molar-refractivity contribution in [1.82, 2.24) is 9.88 Å². The SMILES string of the molecule is CCCn1cc(Cl)cc1C(=O)NCC(C)(O)CSC. The van der Waals surface area contributed by atoms with Crippen molar-refractivity contribution in [2.75, 3.05) is 18.6 Å². The maximum atomic E-state index is 12.1. The molecular weight excluding hydrogens is 284 g/mol. The highest BCUT2D eigenvalue weighted by atomic mass is 35.5. The lowest BCUT2D eigenvalue weighted by Gasteiger charge is -2.22. The number of carbonyl (C=O) groups is 1. The van der Waals surface area contributed by atoms with E-state index < -0.39 is 5.60 Å². The summed E-state index contributed by atoms with van der Waals surface area (Å²) in [6.45, 7) is 4.72. The van der Waals surface area contributed by atoms with Crippen LogP contribution >= 0.6 is 23.4 Å². The smallest absolute Gasteiger partial charge is 0.268 e. The van der Waals surface area contributed by atoms with Crippen LogP contribution in [0.5, 0.6) is 0 Å². The van der Waals surface area contributed by atoms with Crippen molar-refractivity contribution in [2.24, 2.45) is 0 Å². The maximum absolute atomic E-state index is 12.1. The number of aromatic nitrogens is 1. The number of amides is 1. The third-order valence-corrected chi connectivity index (χ3v) is 3.76. The molecule has 0 aromatic carbocycles. The van der Waals surface area contributed by atoms with E-state index in [9.17, 15) is 9.90 Å². The van der Waals surface area contributed by atoms with Crippen molar-refractivity contribution in [1.29, 1.82) is 0 Å². The summed E-state index contributed by atoms with van der Waals surface area (Å²) in [6, 6.07) is 1.65. The van der Waals surface area contributed by atoms with Crippen molar-refractivity contribution in [3.05, 3.63) is 23.0 Å². The molecule has 1 aromatic heterocycles. The summed E-state index contributed by atoms with van der Waals surface area (Å²) in [5.74, 6) is 0.367. The van der Waals surface area contributed by atoms with Gasteiger partial charge in [0.05, 0.1) is 10.6 Å². The molecule has 1 amide bonds. The summed E-state index contributed by atoms with van der Waals surface area (Å²) in [4.78, 5) is 12.1. The van der Waals surface area contributed by atoms with Gasteiger partial charge in [-0.1, -0.05) is 18.5 Å². The Kier molecular flexibility index (Phi) is 6.23. The molecule has 1 unspecified atom stereocenters. The Bertz CT molecular complexity index is 432. The average molecular weight is 305 g/mol. The zero-order valence-corrected chi connectivity index (χ0v) is 13.1. The van der Waals surface area contributed by atoms with E-state index in [1.165, 1.54) is 0 Å². The second-order valence-corrected chi connectivity index (χ2v) is 6.15. The minimum atomic E-state index is -0.902. The first-order valence-electron chi connectivity index (χ1n) is 6.25. The van der Waals surface area contributed by atoms with Gasteiger partial charge < -0.3 is 15.0 Å². The lowest BCUT2D eigenvalue weighted by atomic mass is 10.1. The summed E-state index contributed by atoms with van der Waals surface area (Å²) in [7, 11) is 0. The van der Waals surface area contributed by atoms with Crippen LogP contribution in [0.3, 0.4) is 0 Å². The molecule has 0 saturated carbocycles. The van der Waals surface area contributed by atoms with E-state index in [1.807, 2.05) is 17.7 Å². The van der Waals surface area contributed by atoms with E-state index in [0.29, 0.717) is 16.5 Å². The summed E-state index contributed by atoms with van der Waals surface area (Å²) < 4.78 is 1.83. The molecule has 0 radical (unpaired) electrons. The molecule has 0 saturated heterocycles. The van der Waals surface area contributed by atoms with Gasteiger partial charge >= 0.3 is 0 Å². The van der Waals surface area contributed by atoms with Crippen molar-refractivity contribution in [3.8, 4) is 0 Å². The highest BCUT2D eigenvalue weighted by Crippen LogP contribution is 2.15. The quantitative estimate of drug-likeness (QED) is 0.813. The fourth-order valence-electron chi connectivity index (χ4n) is 1.81. The fourth-order valence-corrected chi connectivity index (χ4v) is 2.76. The van der Waals surface area contributed by atoms with Gasteiger partial charge in [-0.2, -0.15) is 11.8 Å². The highest BCUT2D eigenvalue weighted by Gasteiger charge is 2.22. The number of hydrogen-bond acceptors (Lipinski definition) is 3. The minimum absolute atomic E-state index is 0.207. The summed E-state index contributed by atoms with van der Waals surface area (Å²) >= 11 is 7.48. The fraction of sp³-hybridized carbons (Fsp3) is 0.615. The topological polar surface area (TPSA) is 54.3 Å². The first kappa shape index (κ1) is 16.4. The van der Waals surface area contributed by atoms with E-state index >= 15 is 0 Å². The molecule has 0 bridgehead atoms. The maximum Gasteiger partial charge on any atom is 0.268 e. The molecule has 1 aromatic rings. The van der Waals surface area contributed by atoms with Crippen LogP contribution in [0.25, 0.3) is 0 Å². The zero-order valence-electron chi connectivity index (χ0n) is 11.6. The Morgan fingerprint density at radius 1 is 1.63 bits per heavy atom. The number of aryl methyl sites for hydroxylation is 1. The molecule has 1 rings (SSSR count). The zero-order chi connectivity index (χ0) is 14.5. The molecule has 1 heterocycles. The molecule has 0 spiro atoms. The highest BCUT2D eigenvalue weighted by molar-refractivity contribution is 7.98. The second-order valence-electron chi connectivity index (χ2n) is 4.85. The van der Waals surface area contributed by atoms with Gasteiger partial charge in [0, 0.05) is 25.0 Å². The van der Waals surface area contributed by atoms with Gasteiger partial charge in [-0.05, 0) is 25.7 Å². The van der Waals surface area contributed by atoms with Gasteiger partial charge in [0.1, 0.15) is 5.69 Å². The van der Waals surface area contributed by atoms with Crippen molar-refractivity contribution >= 4 is 29.3 Å². The normalized spacial score (nSPS) is 14.2. The van der Waals surface area contributed by atoms with E-state index in [-0.39, 0.29) is 12.5 Å². The predicted molar refractivity (Wildman–Crippen MR) is 81.1 cm³/mol. The number of nitrogens with zero attached hydrogens (tertiary/aromatic N) is 1. The van der Waals surface area contributed by atoms with Gasteiger partial charge in [0.15, 0.2) is 0 Å². The van der Waals surface area contributed by atoms with Crippen LogP contribution in [0, 0.1) is 0 Å². The molecule has 2 N–H and O–H groups in total. The molecule has 19 heavy (non-hydrogen) atoms. The number of aliphatic hydroxyl groups is 1. The molecule has 0 aliphatic heterocycles. The minimum Gasteiger partial charge on any atom is -0.387 e. The van der Waals surface area contributed by atoms with Crippen LogP contribution in [0.1, 0.15) is 30.8 Å². The molecule has 4 nitrogen and oxygen atoms in total. The first-order chi connectivity index (χ1) is 8.89. The molecule has 0 aliphatic rings. The van der Waals surface area contributed by atoms with Gasteiger partial charge in [-0.3, -0.25) is 4.79 Å². The number of halogens is 1. The van der Waals surface area contributed by atoms with Gasteiger partial charge in [0.25, 0.3) is 5.91 Å². The van der Waals surface area contributed by atoms with Crippen LogP contribution in [0.4, 0.5) is 0 Å². The Balaban J connectivity index is 2.68. The van der Waals surface area contributed by atoms with E-state index in [0.717, 1.165) is 13.0 Å². The Morgan fingerprint density at radius 3 is 2.89 bits per heavy atom. The van der Waals surface area contributed by atoms with Crippen LogP contribution in [0.2, 0.25) is 5.02 Å². The average Bonchev–Trinajstić information content (AvgIpc) is 2.68. The number of carbonyl (C=O) groups excluding carboxylic acids is 1. The van der Waals surface area contributed by atoms with Crippen LogP contribution in [-0.2, 0) is 6.54 Å². The third-order valence-electron chi connectivity index (χ3n) is 2.65. The molecule has 6 heteroatoms. The van der Waals surface area contributed by atoms with Crippen molar-refractivity contribution in [2.45, 2.75) is 32.4 Å². The monoisotopic (exact) mass is 304 g/mol. The lowest BCUT2D eigenvalue weighted by molar-refractivity contribution is 0.0720. The summed E-state index contributed by atoms with van der Waals surface area (Å²) in [6.07, 6.45) is 4.60. The molecular formula is C13H21ClN2O2S. The van der Waals surface area contributed by atoms with Crippen molar-refractivity contribution < 1.29 is 9.90 Å². The molecule has 0 fully saturated rings. The lowest BCUT2D eigenvalue weighted by Crippen LogP contribution is -2.42. The third kappa shape index (κ3) is 5.09. The Morgan fingerprint density at radius 2 is 2.32 bits per heavy atom. The van der Waals surface area contributed by atoms with Crippen LogP contribution in [-0.4, -0.2) is 39.7 Å². The van der Waals surface area contributed by atoms with Gasteiger partial charge in [-0.15, -0.1) is 0 Å². The van der Waals surface area contributed by atoms with Crippen LogP contribution < -0.4 is 5.32 Å². The summed E-state index contributed by atoms with van der Waals surface area (Å²) in [5.41, 5.74) is -0.368. The first-order valence-corrected chi connectivity index (χ1v) is 8.02. The number of nitrogens with one attached hydrogen (secondary N) is 1. The second kappa shape index (κ2) is 7.22. The van der Waals surface area contributed by atoms with Crippen LogP contribution in [0.15, 0.2) is 12.3 Å². The Labute approximate surface area is 123 Å². The predicted octanol–water partition coefficient (Wildman–Crippen LogP) is 2.40. The molecule has 1 atom stereocenters. The number of thioether (sulfide) groups is 1. The summed E-state index contributed by atoms with van der Waals surface area (Å²) in [5, 5.41) is 13.3. The Hall–Kier alpha value is -0.650. The standard InChI is InChI=1S/C13H21ClN2O2S/c1-4-5-16-7-10(14)6-11(16)12(17)15-8-13(2,18)9-19-3/h6-7,18H,4-5,8-9H2,1-3H3,(H,15,17). The van der Waals surface area contributed by atoms with E-state index in [1.54, 1.807) is 30.9 Å². The van der Waals surface area contributed by atoms with Gasteiger partial charge in [-0.25, -0.2) is 0 Å². The van der Waals surface area contributed by atoms with E-state index in [2.05, 4.69) is 5.32 Å². The van der Waals surface area contributed by atoms with E-state index in [4.69, 9.17) is 11.6 Å². The molecule has 0 aliphatic carbocycles. The molecule has 108 valence electrons. The van der Waals surface area contributed by atoms with Gasteiger partial charge in [0.2, 0.25) is 0 Å².